The van der Waals surface area contributed by atoms with E-state index in [1.807, 2.05) is 0 Å². The van der Waals surface area contributed by atoms with Crippen LogP contribution in [-0.2, 0) is 0 Å². The number of thiol groups is 1. The summed E-state index contributed by atoms with van der Waals surface area (Å²) in [4.78, 5) is 13.4. The minimum absolute atomic E-state index is 0.228. The molecule has 2 nitrogen and oxygen atoms in total. The van der Waals surface area contributed by atoms with E-state index in [2.05, 4.69) is 12.6 Å². The fourth-order valence-corrected chi connectivity index (χ4v) is 1.60. The topological polar surface area (TPSA) is 20.3 Å². The predicted molar refractivity (Wildman–Crippen MR) is 65.9 cm³/mol. The van der Waals surface area contributed by atoms with E-state index in [9.17, 15) is 18.0 Å². The number of halogens is 3. The highest BCUT2D eigenvalue weighted by Gasteiger charge is 2.34. The molecule has 0 aliphatic heterocycles. The summed E-state index contributed by atoms with van der Waals surface area (Å²) in [5, 5.41) is 0. The lowest BCUT2D eigenvalue weighted by atomic mass is 10.1. The van der Waals surface area contributed by atoms with Crippen molar-refractivity contribution >= 4 is 18.5 Å². The van der Waals surface area contributed by atoms with Crippen LogP contribution < -0.4 is 0 Å². The van der Waals surface area contributed by atoms with Gasteiger partial charge in [-0.1, -0.05) is 0 Å². The minimum atomic E-state index is -4.40. The van der Waals surface area contributed by atoms with Crippen molar-refractivity contribution in [1.29, 1.82) is 0 Å². The van der Waals surface area contributed by atoms with Gasteiger partial charge in [0.25, 0.3) is 5.91 Å². The smallest absolute Gasteiger partial charge is 0.327 e. The van der Waals surface area contributed by atoms with Crippen LogP contribution in [0.25, 0.3) is 0 Å². The van der Waals surface area contributed by atoms with Crippen LogP contribution in [0.1, 0.15) is 24.2 Å². The lowest BCUT2D eigenvalue weighted by Crippen LogP contribution is -2.43. The van der Waals surface area contributed by atoms with Crippen LogP contribution in [0.3, 0.4) is 0 Å². The van der Waals surface area contributed by atoms with Crippen LogP contribution in [0, 0.1) is 0 Å². The van der Waals surface area contributed by atoms with Gasteiger partial charge in [-0.3, -0.25) is 4.79 Å². The first-order valence-corrected chi connectivity index (χ1v) is 5.82. The Morgan fingerprint density at radius 2 is 1.78 bits per heavy atom. The third-order valence-electron chi connectivity index (χ3n) is 2.35. The van der Waals surface area contributed by atoms with Crippen LogP contribution in [-0.4, -0.2) is 29.6 Å². The SMILES string of the molecule is CC(C)N(CC(F)(F)F)C(=O)c1ccc(S)cc1. The molecule has 0 unspecified atom stereocenters. The van der Waals surface area contributed by atoms with Gasteiger partial charge in [0.15, 0.2) is 0 Å². The molecule has 6 heteroatoms. The van der Waals surface area contributed by atoms with E-state index in [1.165, 1.54) is 12.1 Å². The van der Waals surface area contributed by atoms with Crippen LogP contribution in [0.15, 0.2) is 29.2 Å². The van der Waals surface area contributed by atoms with E-state index in [-0.39, 0.29) is 5.56 Å². The fraction of sp³-hybridized carbons (Fsp3) is 0.417. The van der Waals surface area contributed by atoms with Gasteiger partial charge >= 0.3 is 6.18 Å². The summed E-state index contributed by atoms with van der Waals surface area (Å²) in [6.45, 7) is 1.86. The van der Waals surface area contributed by atoms with Crippen molar-refractivity contribution in [3.8, 4) is 0 Å². The largest absolute Gasteiger partial charge is 0.406 e. The Balaban J connectivity index is 2.93. The highest BCUT2D eigenvalue weighted by Crippen LogP contribution is 2.20. The molecule has 0 atom stereocenters. The van der Waals surface area contributed by atoms with E-state index in [0.717, 1.165) is 4.90 Å². The maximum atomic E-state index is 12.4. The molecule has 18 heavy (non-hydrogen) atoms. The molecule has 0 aliphatic carbocycles. The second-order valence-corrected chi connectivity index (χ2v) is 4.71. The quantitative estimate of drug-likeness (QED) is 0.840. The highest BCUT2D eigenvalue weighted by atomic mass is 32.1. The third kappa shape index (κ3) is 4.25. The average Bonchev–Trinajstić information content (AvgIpc) is 2.24. The summed E-state index contributed by atoms with van der Waals surface area (Å²) in [6.07, 6.45) is -4.40. The first-order chi connectivity index (χ1) is 8.20. The molecule has 0 saturated heterocycles. The maximum Gasteiger partial charge on any atom is 0.406 e. The molecule has 0 saturated carbocycles. The molecule has 0 bridgehead atoms. The predicted octanol–water partition coefficient (Wildman–Crippen LogP) is 3.39. The Kier molecular flexibility index (Phi) is 4.67. The lowest BCUT2D eigenvalue weighted by molar-refractivity contribution is -0.143. The number of alkyl halides is 3. The van der Waals surface area contributed by atoms with Gasteiger partial charge in [0.2, 0.25) is 0 Å². The van der Waals surface area contributed by atoms with Gasteiger partial charge in [-0.15, -0.1) is 12.6 Å². The molecule has 0 N–H and O–H groups in total. The van der Waals surface area contributed by atoms with Gasteiger partial charge in [0.05, 0.1) is 0 Å². The molecule has 0 radical (unpaired) electrons. The zero-order chi connectivity index (χ0) is 13.9. The summed E-state index contributed by atoms with van der Waals surface area (Å²) in [6, 6.07) is 5.56. The van der Waals surface area contributed by atoms with Gasteiger partial charge in [0.1, 0.15) is 6.54 Å². The number of carbonyl (C=O) groups excluding carboxylic acids is 1. The maximum absolute atomic E-state index is 12.4. The van der Waals surface area contributed by atoms with Crippen molar-refractivity contribution in [3.63, 3.8) is 0 Å². The second-order valence-electron chi connectivity index (χ2n) is 4.19. The van der Waals surface area contributed by atoms with E-state index in [1.54, 1.807) is 26.0 Å². The third-order valence-corrected chi connectivity index (χ3v) is 2.65. The summed E-state index contributed by atoms with van der Waals surface area (Å²) >= 11 is 4.06. The van der Waals surface area contributed by atoms with Crippen molar-refractivity contribution in [1.82, 2.24) is 4.90 Å². The van der Waals surface area contributed by atoms with Crippen molar-refractivity contribution < 1.29 is 18.0 Å². The Hall–Kier alpha value is -1.17. The monoisotopic (exact) mass is 277 g/mol. The first kappa shape index (κ1) is 14.9. The van der Waals surface area contributed by atoms with Crippen molar-refractivity contribution in [2.75, 3.05) is 6.54 Å². The number of hydrogen-bond acceptors (Lipinski definition) is 2. The second kappa shape index (κ2) is 5.65. The highest BCUT2D eigenvalue weighted by molar-refractivity contribution is 7.80. The molecule has 1 amide bonds. The molecule has 0 fully saturated rings. The lowest BCUT2D eigenvalue weighted by Gasteiger charge is -2.27. The van der Waals surface area contributed by atoms with Crippen molar-refractivity contribution in [2.45, 2.75) is 31.0 Å². The summed E-state index contributed by atoms with van der Waals surface area (Å²) in [7, 11) is 0. The van der Waals surface area contributed by atoms with Gasteiger partial charge in [-0.2, -0.15) is 13.2 Å². The van der Waals surface area contributed by atoms with Crippen LogP contribution in [0.2, 0.25) is 0 Å². The van der Waals surface area contributed by atoms with Crippen molar-refractivity contribution in [3.05, 3.63) is 29.8 Å². The Morgan fingerprint density at radius 3 is 2.17 bits per heavy atom. The molecular formula is C12H14F3NOS. The zero-order valence-electron chi connectivity index (χ0n) is 10.0. The summed E-state index contributed by atoms with van der Waals surface area (Å²) < 4.78 is 37.2. The zero-order valence-corrected chi connectivity index (χ0v) is 10.9. The van der Waals surface area contributed by atoms with Crippen LogP contribution >= 0.6 is 12.6 Å². The van der Waals surface area contributed by atoms with Crippen molar-refractivity contribution in [2.24, 2.45) is 0 Å². The Bertz CT molecular complexity index is 414. The average molecular weight is 277 g/mol. The van der Waals surface area contributed by atoms with Crippen LogP contribution in [0.4, 0.5) is 13.2 Å². The molecule has 100 valence electrons. The van der Waals surface area contributed by atoms with Gasteiger partial charge < -0.3 is 4.90 Å². The number of amides is 1. The van der Waals surface area contributed by atoms with Gasteiger partial charge in [0, 0.05) is 16.5 Å². The van der Waals surface area contributed by atoms with E-state index < -0.39 is 24.7 Å². The first-order valence-electron chi connectivity index (χ1n) is 5.37. The molecule has 0 heterocycles. The molecule has 0 aliphatic rings. The molecule has 1 rings (SSSR count). The van der Waals surface area contributed by atoms with Crippen LogP contribution in [0.5, 0.6) is 0 Å². The number of carbonyl (C=O) groups is 1. The fourth-order valence-electron chi connectivity index (χ4n) is 1.45. The number of rotatable bonds is 3. The number of nitrogens with zero attached hydrogens (tertiary/aromatic N) is 1. The molecular weight excluding hydrogens is 263 g/mol. The molecule has 0 aromatic heterocycles. The summed E-state index contributed by atoms with van der Waals surface area (Å²) in [5.41, 5.74) is 0.228. The normalized spacial score (nSPS) is 11.7. The summed E-state index contributed by atoms with van der Waals surface area (Å²) in [5.74, 6) is -0.629. The molecule has 1 aromatic rings. The van der Waals surface area contributed by atoms with E-state index in [0.29, 0.717) is 4.90 Å². The Labute approximate surface area is 109 Å². The number of hydrogen-bond donors (Lipinski definition) is 1. The molecule has 0 spiro atoms. The molecule has 1 aromatic carbocycles. The Morgan fingerprint density at radius 1 is 1.28 bits per heavy atom. The van der Waals surface area contributed by atoms with E-state index >= 15 is 0 Å². The van der Waals surface area contributed by atoms with Gasteiger partial charge in [-0.25, -0.2) is 0 Å². The number of benzene rings is 1. The minimum Gasteiger partial charge on any atom is -0.327 e. The van der Waals surface area contributed by atoms with Gasteiger partial charge in [-0.05, 0) is 38.1 Å². The standard InChI is InChI=1S/C12H14F3NOS/c1-8(2)16(7-12(13,14)15)11(17)9-3-5-10(18)6-4-9/h3-6,8,18H,7H2,1-2H3. The van der Waals surface area contributed by atoms with E-state index in [4.69, 9.17) is 0 Å².